The summed E-state index contributed by atoms with van der Waals surface area (Å²) >= 11 is 0. The average molecular weight is 614 g/mol. The molecule has 43 heavy (non-hydrogen) atoms. The molecule has 0 aliphatic heterocycles. The predicted molar refractivity (Wildman–Crippen MR) is 154 cm³/mol. The second kappa shape index (κ2) is 21.8. The van der Waals surface area contributed by atoms with Gasteiger partial charge in [0, 0.05) is 57.4 Å². The van der Waals surface area contributed by atoms with Crippen LogP contribution in [0.2, 0.25) is 0 Å². The van der Waals surface area contributed by atoms with Gasteiger partial charge in [-0.15, -0.1) is 0 Å². The number of Topliss-reactive ketones (excluding diaryl/α,β-unsaturated/α-hetero) is 2. The van der Waals surface area contributed by atoms with Crippen LogP contribution >= 0.6 is 0 Å². The minimum absolute atomic E-state index is 0.0341. The van der Waals surface area contributed by atoms with E-state index in [9.17, 15) is 38.4 Å². The topological polar surface area (TPSA) is 233 Å². The number of hydrogen-bond acceptors (Lipinski definition) is 8. The molecular weight excluding hydrogens is 566 g/mol. The van der Waals surface area contributed by atoms with Crippen LogP contribution in [0.15, 0.2) is 0 Å². The van der Waals surface area contributed by atoms with Crippen molar-refractivity contribution >= 4 is 47.2 Å². The molecule has 0 saturated carbocycles. The Bertz CT molecular complexity index is 983. The number of aliphatic carboxylic acids is 3. The second-order valence-corrected chi connectivity index (χ2v) is 10.6. The lowest BCUT2D eigenvalue weighted by Gasteiger charge is -2.23. The molecule has 0 rings (SSSR count). The highest BCUT2D eigenvalue weighted by atomic mass is 16.4. The lowest BCUT2D eigenvalue weighted by molar-refractivity contribution is -0.140. The van der Waals surface area contributed by atoms with Crippen molar-refractivity contribution in [1.82, 2.24) is 16.0 Å². The van der Waals surface area contributed by atoms with Gasteiger partial charge in [-0.25, -0.2) is 0 Å². The van der Waals surface area contributed by atoms with E-state index in [1.807, 2.05) is 13.8 Å². The Hall–Kier alpha value is -3.84. The van der Waals surface area contributed by atoms with E-state index in [1.165, 1.54) is 0 Å². The molecule has 0 radical (unpaired) electrons. The molecule has 6 N–H and O–H groups in total. The van der Waals surface area contributed by atoms with Crippen LogP contribution in [-0.2, 0) is 38.4 Å². The number of carbonyl (C=O) groups excluding carboxylic acids is 5. The Morgan fingerprint density at radius 3 is 1.67 bits per heavy atom. The number of nitrogens with one attached hydrogen (secondary N) is 3. The molecule has 0 bridgehead atoms. The Morgan fingerprint density at radius 2 is 1.16 bits per heavy atom. The van der Waals surface area contributed by atoms with Crippen LogP contribution in [0.4, 0.5) is 0 Å². The summed E-state index contributed by atoms with van der Waals surface area (Å²) in [6.07, 6.45) is 1.35. The third-order valence-corrected chi connectivity index (χ3v) is 6.94. The number of rotatable bonds is 25. The maximum atomic E-state index is 13.2. The third kappa shape index (κ3) is 18.3. The number of carbonyl (C=O) groups is 8. The third-order valence-electron chi connectivity index (χ3n) is 6.94. The SMILES string of the molecule is CCC[C@@H](CCCCNC(=O)[C@H](CCC(=O)O)NC(=O)[C@H](CCC(=O)O)CC(=O)[C@H](CCC(=O)O)NC(C)=O)C(=O)CC. The van der Waals surface area contributed by atoms with Gasteiger partial charge >= 0.3 is 17.9 Å². The highest BCUT2D eigenvalue weighted by Gasteiger charge is 2.31. The van der Waals surface area contributed by atoms with Crippen molar-refractivity contribution in [3.05, 3.63) is 0 Å². The van der Waals surface area contributed by atoms with E-state index < -0.39 is 85.1 Å². The van der Waals surface area contributed by atoms with Crippen LogP contribution in [0.3, 0.4) is 0 Å². The van der Waals surface area contributed by atoms with E-state index >= 15 is 0 Å². The maximum absolute atomic E-state index is 13.2. The number of carboxylic acid groups (broad SMARTS) is 3. The quantitative estimate of drug-likeness (QED) is 0.0813. The molecule has 0 aromatic rings. The summed E-state index contributed by atoms with van der Waals surface area (Å²) in [4.78, 5) is 96.0. The zero-order valence-corrected chi connectivity index (χ0v) is 25.3. The van der Waals surface area contributed by atoms with E-state index in [0.29, 0.717) is 25.7 Å². The van der Waals surface area contributed by atoms with Gasteiger partial charge in [0.2, 0.25) is 17.7 Å². The van der Waals surface area contributed by atoms with Crippen LogP contribution in [0, 0.1) is 11.8 Å². The van der Waals surface area contributed by atoms with Gasteiger partial charge in [-0.2, -0.15) is 0 Å². The Kier molecular flexibility index (Phi) is 19.9. The molecule has 0 aromatic carbocycles. The molecule has 3 amide bonds. The Morgan fingerprint density at radius 1 is 0.605 bits per heavy atom. The Balaban J connectivity index is 5.49. The van der Waals surface area contributed by atoms with Crippen LogP contribution in [0.25, 0.3) is 0 Å². The minimum Gasteiger partial charge on any atom is -0.481 e. The van der Waals surface area contributed by atoms with Crippen molar-refractivity contribution in [1.29, 1.82) is 0 Å². The molecule has 0 saturated heterocycles. The molecule has 0 spiro atoms. The molecule has 0 unspecified atom stereocenters. The first-order valence-electron chi connectivity index (χ1n) is 14.8. The standard InChI is InChI=1S/C29H47N3O11/c1-4-8-19(23(34)5-2)9-6-7-16-30-29(43)22(12-15-27(40)41)32-28(42)20(10-13-25(36)37)17-24(35)21(31-18(3)33)11-14-26(38)39/h19-22H,4-17H2,1-3H3,(H,30,43)(H,31,33)(H,32,42)(H,36,37)(H,38,39)(H,40,41)/t19-,20+,21-,22-/m0/s1. The highest BCUT2D eigenvalue weighted by Crippen LogP contribution is 2.18. The first kappa shape index (κ1) is 39.2. The molecule has 0 fully saturated rings. The van der Waals surface area contributed by atoms with Gasteiger partial charge in [-0.05, 0) is 38.5 Å². The fourth-order valence-corrected chi connectivity index (χ4v) is 4.62. The van der Waals surface area contributed by atoms with Crippen molar-refractivity contribution in [2.75, 3.05) is 6.54 Å². The van der Waals surface area contributed by atoms with Gasteiger partial charge in [-0.3, -0.25) is 38.4 Å². The summed E-state index contributed by atoms with van der Waals surface area (Å²) in [6, 6.07) is -2.50. The van der Waals surface area contributed by atoms with E-state index in [0.717, 1.165) is 19.8 Å². The van der Waals surface area contributed by atoms with Crippen LogP contribution in [0.5, 0.6) is 0 Å². The molecular formula is C29H47N3O11. The van der Waals surface area contributed by atoms with Crippen molar-refractivity contribution in [3.8, 4) is 0 Å². The maximum Gasteiger partial charge on any atom is 0.303 e. The summed E-state index contributed by atoms with van der Waals surface area (Å²) in [5.41, 5.74) is 0. The monoisotopic (exact) mass is 613 g/mol. The number of carboxylic acids is 3. The predicted octanol–water partition coefficient (Wildman–Crippen LogP) is 1.83. The largest absolute Gasteiger partial charge is 0.481 e. The van der Waals surface area contributed by atoms with Gasteiger partial charge < -0.3 is 31.3 Å². The van der Waals surface area contributed by atoms with Crippen molar-refractivity contribution < 1.29 is 53.7 Å². The molecule has 0 aromatic heterocycles. The van der Waals surface area contributed by atoms with Gasteiger partial charge in [-0.1, -0.05) is 26.7 Å². The first-order chi connectivity index (χ1) is 20.2. The minimum atomic E-state index is -1.28. The second-order valence-electron chi connectivity index (χ2n) is 10.6. The first-order valence-corrected chi connectivity index (χ1v) is 14.8. The van der Waals surface area contributed by atoms with E-state index in [-0.39, 0.29) is 37.5 Å². The summed E-state index contributed by atoms with van der Waals surface area (Å²) < 4.78 is 0. The molecule has 4 atom stereocenters. The lowest BCUT2D eigenvalue weighted by Crippen LogP contribution is -2.49. The molecule has 0 aliphatic rings. The number of unbranched alkanes of at least 4 members (excludes halogenated alkanes) is 1. The van der Waals surface area contributed by atoms with Gasteiger partial charge in [0.15, 0.2) is 5.78 Å². The summed E-state index contributed by atoms with van der Waals surface area (Å²) in [5, 5.41) is 34.7. The van der Waals surface area contributed by atoms with E-state index in [1.54, 1.807) is 0 Å². The van der Waals surface area contributed by atoms with Crippen molar-refractivity contribution in [2.45, 2.75) is 116 Å². The van der Waals surface area contributed by atoms with Crippen molar-refractivity contribution in [3.63, 3.8) is 0 Å². The zero-order chi connectivity index (χ0) is 32.9. The van der Waals surface area contributed by atoms with Crippen LogP contribution in [0.1, 0.15) is 104 Å². The van der Waals surface area contributed by atoms with E-state index in [4.69, 9.17) is 15.3 Å². The summed E-state index contributed by atoms with van der Waals surface area (Å²) in [7, 11) is 0. The average Bonchev–Trinajstić information content (AvgIpc) is 2.93. The van der Waals surface area contributed by atoms with Gasteiger partial charge in [0.1, 0.15) is 11.8 Å². The molecule has 14 nitrogen and oxygen atoms in total. The van der Waals surface area contributed by atoms with Crippen LogP contribution < -0.4 is 16.0 Å². The smallest absolute Gasteiger partial charge is 0.303 e. The fourth-order valence-electron chi connectivity index (χ4n) is 4.62. The van der Waals surface area contributed by atoms with Gasteiger partial charge in [0.05, 0.1) is 6.04 Å². The summed E-state index contributed by atoms with van der Waals surface area (Å²) in [6.45, 7) is 5.18. The molecule has 244 valence electrons. The van der Waals surface area contributed by atoms with Gasteiger partial charge in [0.25, 0.3) is 0 Å². The molecule has 0 heterocycles. The zero-order valence-electron chi connectivity index (χ0n) is 25.3. The number of hydrogen-bond donors (Lipinski definition) is 6. The lowest BCUT2D eigenvalue weighted by atomic mass is 9.91. The molecule has 0 aliphatic carbocycles. The normalized spacial score (nSPS) is 13.6. The number of amides is 3. The highest BCUT2D eigenvalue weighted by molar-refractivity contribution is 5.94. The fraction of sp³-hybridized carbons (Fsp3) is 0.724. The number of ketones is 2. The summed E-state index contributed by atoms with van der Waals surface area (Å²) in [5.74, 6) is -7.50. The Labute approximate surface area is 251 Å². The van der Waals surface area contributed by atoms with Crippen molar-refractivity contribution in [2.24, 2.45) is 11.8 Å². The van der Waals surface area contributed by atoms with Crippen LogP contribution in [-0.4, -0.2) is 81.1 Å². The van der Waals surface area contributed by atoms with E-state index in [2.05, 4.69) is 16.0 Å². The molecule has 14 heteroatoms.